The minimum Gasteiger partial charge on any atom is -0.438 e. The van der Waals surface area contributed by atoms with Crippen molar-refractivity contribution in [3.8, 4) is 11.6 Å². The van der Waals surface area contributed by atoms with Gasteiger partial charge in [0.2, 0.25) is 5.88 Å². The van der Waals surface area contributed by atoms with Gasteiger partial charge in [-0.15, -0.1) is 0 Å². The fraction of sp³-hybridized carbons (Fsp3) is 0.154. The SMILES string of the molecule is OCc1ccc(Oc2ncc(CO)cc2Cl)cc1. The van der Waals surface area contributed by atoms with Crippen molar-refractivity contribution in [1.82, 2.24) is 4.98 Å². The van der Waals surface area contributed by atoms with Gasteiger partial charge in [-0.1, -0.05) is 23.7 Å². The number of aliphatic hydroxyl groups excluding tert-OH is 2. The molecule has 1 aromatic carbocycles. The van der Waals surface area contributed by atoms with Crippen LogP contribution in [0.5, 0.6) is 11.6 Å². The molecule has 0 aliphatic rings. The molecule has 0 saturated heterocycles. The highest BCUT2D eigenvalue weighted by Gasteiger charge is 2.06. The molecule has 1 aromatic heterocycles. The molecule has 18 heavy (non-hydrogen) atoms. The van der Waals surface area contributed by atoms with Crippen LogP contribution in [0.15, 0.2) is 36.5 Å². The van der Waals surface area contributed by atoms with E-state index in [0.29, 0.717) is 16.3 Å². The van der Waals surface area contributed by atoms with Gasteiger partial charge in [-0.05, 0) is 29.3 Å². The Bertz CT molecular complexity index is 528. The maximum atomic E-state index is 8.94. The first-order chi connectivity index (χ1) is 8.72. The van der Waals surface area contributed by atoms with E-state index in [0.717, 1.165) is 5.56 Å². The summed E-state index contributed by atoms with van der Waals surface area (Å²) < 4.78 is 5.50. The monoisotopic (exact) mass is 265 g/mol. The number of nitrogens with zero attached hydrogens (tertiary/aromatic N) is 1. The number of halogens is 1. The molecule has 5 heteroatoms. The van der Waals surface area contributed by atoms with Crippen molar-refractivity contribution in [2.24, 2.45) is 0 Å². The van der Waals surface area contributed by atoms with Crippen LogP contribution < -0.4 is 4.74 Å². The zero-order valence-electron chi connectivity index (χ0n) is 9.51. The molecular weight excluding hydrogens is 254 g/mol. The summed E-state index contributed by atoms with van der Waals surface area (Å²) in [6, 6.07) is 8.57. The Morgan fingerprint density at radius 3 is 2.28 bits per heavy atom. The van der Waals surface area contributed by atoms with Crippen LogP contribution in [0.2, 0.25) is 5.02 Å². The molecule has 2 aromatic rings. The second-order valence-corrected chi connectivity index (χ2v) is 4.10. The van der Waals surface area contributed by atoms with Crippen LogP contribution in [-0.2, 0) is 13.2 Å². The van der Waals surface area contributed by atoms with E-state index in [9.17, 15) is 0 Å². The van der Waals surface area contributed by atoms with Crippen molar-refractivity contribution >= 4 is 11.6 Å². The highest BCUT2D eigenvalue weighted by Crippen LogP contribution is 2.27. The van der Waals surface area contributed by atoms with Gasteiger partial charge in [0.25, 0.3) is 0 Å². The summed E-state index contributed by atoms with van der Waals surface area (Å²) in [6.07, 6.45) is 1.50. The summed E-state index contributed by atoms with van der Waals surface area (Å²) in [6.45, 7) is -0.122. The minimum absolute atomic E-state index is 0.00944. The molecular formula is C13H12ClNO3. The number of hydrogen-bond donors (Lipinski definition) is 2. The molecule has 0 fully saturated rings. The van der Waals surface area contributed by atoms with Gasteiger partial charge in [0.05, 0.1) is 13.2 Å². The van der Waals surface area contributed by atoms with E-state index >= 15 is 0 Å². The Morgan fingerprint density at radius 2 is 1.72 bits per heavy atom. The Kier molecular flexibility index (Phi) is 4.15. The van der Waals surface area contributed by atoms with Crippen LogP contribution in [0.4, 0.5) is 0 Å². The molecule has 2 N–H and O–H groups in total. The standard InChI is InChI=1S/C13H12ClNO3/c14-12-5-10(8-17)6-15-13(12)18-11-3-1-9(7-16)2-4-11/h1-6,16-17H,7-8H2. The molecule has 0 saturated carbocycles. The van der Waals surface area contributed by atoms with Gasteiger partial charge in [-0.2, -0.15) is 0 Å². The summed E-state index contributed by atoms with van der Waals surface area (Å²) in [7, 11) is 0. The lowest BCUT2D eigenvalue weighted by molar-refractivity contribution is 0.281. The van der Waals surface area contributed by atoms with Crippen LogP contribution >= 0.6 is 11.6 Å². The van der Waals surface area contributed by atoms with Gasteiger partial charge in [0.1, 0.15) is 10.8 Å². The van der Waals surface area contributed by atoms with Crippen LogP contribution in [0.1, 0.15) is 11.1 Å². The van der Waals surface area contributed by atoms with Crippen molar-refractivity contribution in [1.29, 1.82) is 0 Å². The first-order valence-corrected chi connectivity index (χ1v) is 5.73. The number of pyridine rings is 1. The maximum Gasteiger partial charge on any atom is 0.238 e. The third-order valence-corrected chi connectivity index (χ3v) is 2.64. The van der Waals surface area contributed by atoms with Crippen molar-refractivity contribution in [2.75, 3.05) is 0 Å². The Balaban J connectivity index is 2.17. The summed E-state index contributed by atoms with van der Waals surface area (Å²) in [5.41, 5.74) is 1.43. The molecule has 4 nitrogen and oxygen atoms in total. The Labute approximate surface area is 109 Å². The summed E-state index contributed by atoms with van der Waals surface area (Å²) >= 11 is 5.98. The molecule has 0 bridgehead atoms. The third kappa shape index (κ3) is 2.98. The summed E-state index contributed by atoms with van der Waals surface area (Å²) in [5.74, 6) is 0.865. The predicted octanol–water partition coefficient (Wildman–Crippen LogP) is 2.51. The average molecular weight is 266 g/mol. The first-order valence-electron chi connectivity index (χ1n) is 5.36. The highest BCUT2D eigenvalue weighted by atomic mass is 35.5. The van der Waals surface area contributed by atoms with Gasteiger partial charge in [-0.3, -0.25) is 0 Å². The van der Waals surface area contributed by atoms with E-state index in [2.05, 4.69) is 4.98 Å². The zero-order valence-corrected chi connectivity index (χ0v) is 10.3. The molecule has 0 amide bonds. The highest BCUT2D eigenvalue weighted by molar-refractivity contribution is 6.31. The lowest BCUT2D eigenvalue weighted by atomic mass is 10.2. The maximum absolute atomic E-state index is 8.94. The first kappa shape index (κ1) is 12.8. The van der Waals surface area contributed by atoms with Crippen LogP contribution in [0.25, 0.3) is 0 Å². The van der Waals surface area contributed by atoms with Crippen molar-refractivity contribution in [2.45, 2.75) is 13.2 Å². The number of rotatable bonds is 4. The predicted molar refractivity (Wildman–Crippen MR) is 67.6 cm³/mol. The lowest BCUT2D eigenvalue weighted by Gasteiger charge is -2.07. The molecule has 0 aliphatic heterocycles. The molecule has 1 heterocycles. The summed E-state index contributed by atoms with van der Waals surface area (Å²) in [5, 5.41) is 18.2. The van der Waals surface area contributed by atoms with Crippen LogP contribution in [0.3, 0.4) is 0 Å². The van der Waals surface area contributed by atoms with E-state index in [1.54, 1.807) is 30.3 Å². The molecule has 0 spiro atoms. The quantitative estimate of drug-likeness (QED) is 0.892. The van der Waals surface area contributed by atoms with E-state index in [4.69, 9.17) is 26.6 Å². The smallest absolute Gasteiger partial charge is 0.238 e. The van der Waals surface area contributed by atoms with E-state index in [1.807, 2.05) is 0 Å². The van der Waals surface area contributed by atoms with Crippen LogP contribution in [-0.4, -0.2) is 15.2 Å². The lowest BCUT2D eigenvalue weighted by Crippen LogP contribution is -1.92. The van der Waals surface area contributed by atoms with Gasteiger partial charge < -0.3 is 14.9 Å². The van der Waals surface area contributed by atoms with Crippen molar-refractivity contribution in [3.63, 3.8) is 0 Å². The number of ether oxygens (including phenoxy) is 1. The minimum atomic E-state index is -0.113. The molecule has 0 radical (unpaired) electrons. The molecule has 0 aliphatic carbocycles. The molecule has 94 valence electrons. The van der Waals surface area contributed by atoms with Crippen molar-refractivity contribution in [3.05, 3.63) is 52.7 Å². The Morgan fingerprint density at radius 1 is 1.06 bits per heavy atom. The second kappa shape index (κ2) is 5.82. The third-order valence-electron chi connectivity index (χ3n) is 2.37. The van der Waals surface area contributed by atoms with Crippen molar-refractivity contribution < 1.29 is 14.9 Å². The van der Waals surface area contributed by atoms with E-state index in [1.165, 1.54) is 6.20 Å². The molecule has 0 atom stereocenters. The van der Waals surface area contributed by atoms with Gasteiger partial charge in [0.15, 0.2) is 0 Å². The number of benzene rings is 1. The Hall–Kier alpha value is -1.62. The normalized spacial score (nSPS) is 10.4. The zero-order chi connectivity index (χ0) is 13.0. The topological polar surface area (TPSA) is 62.6 Å². The van der Waals surface area contributed by atoms with Gasteiger partial charge >= 0.3 is 0 Å². The average Bonchev–Trinajstić information content (AvgIpc) is 2.42. The van der Waals surface area contributed by atoms with Gasteiger partial charge in [0, 0.05) is 6.20 Å². The van der Waals surface area contributed by atoms with E-state index in [-0.39, 0.29) is 19.1 Å². The van der Waals surface area contributed by atoms with Crippen LogP contribution in [0, 0.1) is 0 Å². The second-order valence-electron chi connectivity index (χ2n) is 3.69. The molecule has 0 unspecified atom stereocenters. The fourth-order valence-corrected chi connectivity index (χ4v) is 1.63. The largest absolute Gasteiger partial charge is 0.438 e. The fourth-order valence-electron chi connectivity index (χ4n) is 1.40. The van der Waals surface area contributed by atoms with E-state index < -0.39 is 0 Å². The van der Waals surface area contributed by atoms with Gasteiger partial charge in [-0.25, -0.2) is 4.98 Å². The number of aromatic nitrogens is 1. The number of aliphatic hydroxyl groups is 2. The number of hydrogen-bond acceptors (Lipinski definition) is 4. The summed E-state index contributed by atoms with van der Waals surface area (Å²) in [4.78, 5) is 4.02. The molecule has 2 rings (SSSR count).